The van der Waals surface area contributed by atoms with Gasteiger partial charge in [0.25, 0.3) is 0 Å². The Hall–Kier alpha value is -2.34. The van der Waals surface area contributed by atoms with Crippen molar-refractivity contribution in [1.82, 2.24) is 10.3 Å². The van der Waals surface area contributed by atoms with Crippen molar-refractivity contribution in [2.24, 2.45) is 11.7 Å². The molecule has 0 fully saturated rings. The Bertz CT molecular complexity index is 724. The minimum absolute atomic E-state index is 0.261. The van der Waals surface area contributed by atoms with Gasteiger partial charge in [-0.3, -0.25) is 4.79 Å². The van der Waals surface area contributed by atoms with E-state index >= 15 is 0 Å². The molecule has 6 heteroatoms. The normalized spacial score (nSPS) is 13.6. The van der Waals surface area contributed by atoms with Gasteiger partial charge in [0.1, 0.15) is 6.04 Å². The van der Waals surface area contributed by atoms with Crippen LogP contribution in [0.25, 0.3) is 10.9 Å². The largest absolute Gasteiger partial charge is 0.464 e. The molecule has 1 aromatic carbocycles. The van der Waals surface area contributed by atoms with Crippen molar-refractivity contribution >= 4 is 22.8 Å². The Labute approximate surface area is 148 Å². The monoisotopic (exact) mass is 345 g/mol. The summed E-state index contributed by atoms with van der Waals surface area (Å²) in [6.45, 7) is 6.01. The van der Waals surface area contributed by atoms with E-state index in [9.17, 15) is 9.59 Å². The van der Waals surface area contributed by atoms with Crippen LogP contribution in [0.5, 0.6) is 0 Å². The van der Waals surface area contributed by atoms with Crippen molar-refractivity contribution in [3.05, 3.63) is 36.0 Å². The molecule has 2 rings (SSSR count). The Kier molecular flexibility index (Phi) is 6.58. The maximum Gasteiger partial charge on any atom is 0.328 e. The van der Waals surface area contributed by atoms with Crippen LogP contribution < -0.4 is 11.1 Å². The van der Waals surface area contributed by atoms with Crippen LogP contribution >= 0.6 is 0 Å². The van der Waals surface area contributed by atoms with Crippen LogP contribution in [0.2, 0.25) is 0 Å². The van der Waals surface area contributed by atoms with E-state index in [0.717, 1.165) is 16.5 Å². The van der Waals surface area contributed by atoms with E-state index in [0.29, 0.717) is 18.8 Å². The number of H-pyrrole nitrogens is 1. The van der Waals surface area contributed by atoms with Crippen LogP contribution in [0.4, 0.5) is 0 Å². The van der Waals surface area contributed by atoms with E-state index in [2.05, 4.69) is 10.3 Å². The summed E-state index contributed by atoms with van der Waals surface area (Å²) >= 11 is 0. The number of fused-ring (bicyclic) bond motifs is 1. The molecule has 0 unspecified atom stereocenters. The molecule has 2 atom stereocenters. The number of hydrogen-bond donors (Lipinski definition) is 3. The number of aromatic amines is 1. The maximum atomic E-state index is 12.3. The SMILES string of the molecule is CCOC(=O)[C@H](Cc1c[nH]c2ccccc12)NC(=O)[C@@H](N)CC(C)C. The van der Waals surface area contributed by atoms with Crippen molar-refractivity contribution in [1.29, 1.82) is 0 Å². The molecule has 0 saturated heterocycles. The molecule has 0 aliphatic heterocycles. The number of para-hydroxylation sites is 1. The zero-order valence-corrected chi connectivity index (χ0v) is 15.0. The smallest absolute Gasteiger partial charge is 0.328 e. The number of amides is 1. The van der Waals surface area contributed by atoms with Gasteiger partial charge in [-0.1, -0.05) is 32.0 Å². The summed E-state index contributed by atoms with van der Waals surface area (Å²) in [5, 5.41) is 3.78. The number of carbonyl (C=O) groups excluding carboxylic acids is 2. The first-order chi connectivity index (χ1) is 11.9. The van der Waals surface area contributed by atoms with Crippen LogP contribution in [0.1, 0.15) is 32.8 Å². The Morgan fingerprint density at radius 2 is 2.00 bits per heavy atom. The summed E-state index contributed by atoms with van der Waals surface area (Å²) < 4.78 is 5.12. The van der Waals surface area contributed by atoms with Crippen LogP contribution in [0.3, 0.4) is 0 Å². The molecule has 1 amide bonds. The van der Waals surface area contributed by atoms with E-state index in [4.69, 9.17) is 10.5 Å². The van der Waals surface area contributed by atoms with Gasteiger partial charge < -0.3 is 20.8 Å². The number of aromatic nitrogens is 1. The summed E-state index contributed by atoms with van der Waals surface area (Å²) in [5.74, 6) is -0.472. The molecule has 0 aliphatic carbocycles. The van der Waals surface area contributed by atoms with Crippen molar-refractivity contribution in [2.75, 3.05) is 6.61 Å². The van der Waals surface area contributed by atoms with Gasteiger partial charge in [-0.05, 0) is 30.9 Å². The minimum Gasteiger partial charge on any atom is -0.464 e. The van der Waals surface area contributed by atoms with E-state index in [1.807, 2.05) is 44.3 Å². The third-order valence-electron chi connectivity index (χ3n) is 4.05. The topological polar surface area (TPSA) is 97.2 Å². The Morgan fingerprint density at radius 3 is 2.68 bits per heavy atom. The highest BCUT2D eigenvalue weighted by molar-refractivity contribution is 5.89. The fraction of sp³-hybridized carbons (Fsp3) is 0.474. The molecule has 0 radical (unpaired) electrons. The van der Waals surface area contributed by atoms with Crippen molar-refractivity contribution in [3.8, 4) is 0 Å². The summed E-state index contributed by atoms with van der Waals surface area (Å²) in [4.78, 5) is 27.8. The number of hydrogen-bond acceptors (Lipinski definition) is 4. The lowest BCUT2D eigenvalue weighted by Gasteiger charge is -2.20. The predicted molar refractivity (Wildman–Crippen MR) is 98.0 cm³/mol. The van der Waals surface area contributed by atoms with Gasteiger partial charge in [0, 0.05) is 23.5 Å². The third-order valence-corrected chi connectivity index (χ3v) is 4.05. The highest BCUT2D eigenvalue weighted by atomic mass is 16.5. The third kappa shape index (κ3) is 5.06. The lowest BCUT2D eigenvalue weighted by Crippen LogP contribution is -2.50. The van der Waals surface area contributed by atoms with Gasteiger partial charge in [-0.15, -0.1) is 0 Å². The second-order valence-electron chi connectivity index (χ2n) is 6.61. The highest BCUT2D eigenvalue weighted by Crippen LogP contribution is 2.19. The zero-order chi connectivity index (χ0) is 18.4. The molecule has 25 heavy (non-hydrogen) atoms. The maximum absolute atomic E-state index is 12.3. The lowest BCUT2D eigenvalue weighted by atomic mass is 10.0. The molecule has 4 N–H and O–H groups in total. The van der Waals surface area contributed by atoms with Crippen LogP contribution in [0, 0.1) is 5.92 Å². The van der Waals surface area contributed by atoms with Crippen LogP contribution in [-0.2, 0) is 20.7 Å². The van der Waals surface area contributed by atoms with Gasteiger partial charge in [0.15, 0.2) is 0 Å². The average Bonchev–Trinajstić information content (AvgIpc) is 2.97. The molecular formula is C19H27N3O3. The number of benzene rings is 1. The first-order valence-electron chi connectivity index (χ1n) is 8.70. The van der Waals surface area contributed by atoms with Gasteiger partial charge in [0.2, 0.25) is 5.91 Å². The van der Waals surface area contributed by atoms with E-state index in [-0.39, 0.29) is 12.5 Å². The number of nitrogens with one attached hydrogen (secondary N) is 2. The molecule has 0 saturated carbocycles. The first kappa shape index (κ1) is 19.0. The minimum atomic E-state index is -0.759. The zero-order valence-electron chi connectivity index (χ0n) is 15.0. The number of nitrogens with two attached hydrogens (primary N) is 1. The average molecular weight is 345 g/mol. The molecule has 0 spiro atoms. The first-order valence-corrected chi connectivity index (χ1v) is 8.70. The lowest BCUT2D eigenvalue weighted by molar-refractivity contribution is -0.147. The number of rotatable bonds is 8. The van der Waals surface area contributed by atoms with Gasteiger partial charge in [0.05, 0.1) is 12.6 Å². The van der Waals surface area contributed by atoms with E-state index < -0.39 is 18.1 Å². The molecule has 2 aromatic rings. The standard InChI is InChI=1S/C19H27N3O3/c1-4-25-19(24)17(22-18(23)15(20)9-12(2)3)10-13-11-21-16-8-6-5-7-14(13)16/h5-8,11-12,15,17,21H,4,9-10,20H2,1-3H3,(H,22,23)/t15-,17-/m0/s1. The predicted octanol–water partition coefficient (Wildman–Crippen LogP) is 2.13. The van der Waals surface area contributed by atoms with Gasteiger partial charge in [-0.2, -0.15) is 0 Å². The fourth-order valence-electron chi connectivity index (χ4n) is 2.85. The summed E-state index contributed by atoms with van der Waals surface area (Å²) in [5.41, 5.74) is 7.87. The van der Waals surface area contributed by atoms with Crippen LogP contribution in [0.15, 0.2) is 30.5 Å². The van der Waals surface area contributed by atoms with Crippen molar-refractivity contribution in [3.63, 3.8) is 0 Å². The van der Waals surface area contributed by atoms with Crippen molar-refractivity contribution < 1.29 is 14.3 Å². The number of ether oxygens (including phenoxy) is 1. The Balaban J connectivity index is 2.15. The number of esters is 1. The second-order valence-corrected chi connectivity index (χ2v) is 6.61. The molecule has 6 nitrogen and oxygen atoms in total. The van der Waals surface area contributed by atoms with E-state index in [1.165, 1.54) is 0 Å². The van der Waals surface area contributed by atoms with Gasteiger partial charge in [-0.25, -0.2) is 4.79 Å². The summed E-state index contributed by atoms with van der Waals surface area (Å²) in [6, 6.07) is 6.43. The van der Waals surface area contributed by atoms with Gasteiger partial charge >= 0.3 is 5.97 Å². The molecule has 1 aromatic heterocycles. The number of carbonyl (C=O) groups is 2. The van der Waals surface area contributed by atoms with Crippen molar-refractivity contribution in [2.45, 2.75) is 45.7 Å². The molecule has 136 valence electrons. The molecule has 0 bridgehead atoms. The summed E-state index contributed by atoms with van der Waals surface area (Å²) in [6.07, 6.45) is 2.77. The van der Waals surface area contributed by atoms with E-state index in [1.54, 1.807) is 6.92 Å². The molecular weight excluding hydrogens is 318 g/mol. The highest BCUT2D eigenvalue weighted by Gasteiger charge is 2.26. The molecule has 1 heterocycles. The second kappa shape index (κ2) is 8.67. The summed E-state index contributed by atoms with van der Waals surface area (Å²) in [7, 11) is 0. The van der Waals surface area contributed by atoms with Crippen LogP contribution in [-0.4, -0.2) is 35.6 Å². The molecule has 0 aliphatic rings. The quantitative estimate of drug-likeness (QED) is 0.639. The Morgan fingerprint density at radius 1 is 1.28 bits per heavy atom. The fourth-order valence-corrected chi connectivity index (χ4v) is 2.85.